The van der Waals surface area contributed by atoms with Crippen LogP contribution in [0.4, 0.5) is 0 Å². The molecular formula is C33H41N3O6. The standard InChI is InChI=1S/C33H41N3O6/c1-22-30(20-36(4)18-16-29-7-5-6-17-34-29)41-33(42-31(22)27-12-10-26(21-37)11-13-27)28-14-8-25(9-15-28)19-35-32(39)23(2)40-24(3)38/h5-15,17,22-23,30-31,33,37H,16,18-21H2,1-4H3,(H,35,39)/t22-,23-,30+,31+,33?/m0/s1. The van der Waals surface area contributed by atoms with Gasteiger partial charge in [0.05, 0.1) is 18.8 Å². The topological polar surface area (TPSA) is 110 Å². The number of hydrogen-bond donors (Lipinski definition) is 2. The van der Waals surface area contributed by atoms with Gasteiger partial charge in [-0.05, 0) is 42.8 Å². The summed E-state index contributed by atoms with van der Waals surface area (Å²) in [5.41, 5.74) is 4.72. The van der Waals surface area contributed by atoms with E-state index in [9.17, 15) is 14.7 Å². The SMILES string of the molecule is CC(=O)O[C@@H](C)C(=O)NCc1ccc(C2O[C@H](CN(C)CCc3ccccn3)[C@H](C)[C@H](c3ccc(CO)cc3)O2)cc1. The summed E-state index contributed by atoms with van der Waals surface area (Å²) in [6.07, 6.45) is 0.941. The van der Waals surface area contributed by atoms with Gasteiger partial charge in [0.1, 0.15) is 0 Å². The van der Waals surface area contributed by atoms with Crippen LogP contribution in [-0.2, 0) is 43.4 Å². The number of aliphatic hydroxyl groups excluding tert-OH is 1. The minimum Gasteiger partial charge on any atom is -0.453 e. The number of carbonyl (C=O) groups excluding carboxylic acids is 2. The molecule has 1 aromatic heterocycles. The van der Waals surface area contributed by atoms with E-state index in [0.717, 1.165) is 47.5 Å². The zero-order valence-corrected chi connectivity index (χ0v) is 24.7. The zero-order chi connectivity index (χ0) is 30.1. The highest BCUT2D eigenvalue weighted by Crippen LogP contribution is 2.41. The van der Waals surface area contributed by atoms with Gasteiger partial charge < -0.3 is 29.5 Å². The predicted molar refractivity (Wildman–Crippen MR) is 158 cm³/mol. The molecule has 0 aliphatic carbocycles. The molecule has 0 saturated carbocycles. The van der Waals surface area contributed by atoms with E-state index in [1.807, 2.05) is 72.9 Å². The summed E-state index contributed by atoms with van der Waals surface area (Å²) in [6, 6.07) is 21.6. The van der Waals surface area contributed by atoms with Crippen LogP contribution in [0.3, 0.4) is 0 Å². The Bertz CT molecular complexity index is 1290. The van der Waals surface area contributed by atoms with Crippen molar-refractivity contribution >= 4 is 11.9 Å². The Labute approximate surface area is 247 Å². The van der Waals surface area contributed by atoms with Crippen LogP contribution < -0.4 is 5.32 Å². The first-order valence-corrected chi connectivity index (χ1v) is 14.4. The fourth-order valence-electron chi connectivity index (χ4n) is 5.01. The molecule has 1 saturated heterocycles. The third-order valence-electron chi connectivity index (χ3n) is 7.52. The number of aliphatic hydroxyl groups is 1. The molecule has 1 aliphatic heterocycles. The molecule has 2 aromatic carbocycles. The van der Waals surface area contributed by atoms with E-state index in [0.29, 0.717) is 6.54 Å². The number of amides is 1. The molecular weight excluding hydrogens is 534 g/mol. The molecule has 9 nitrogen and oxygen atoms in total. The maximum Gasteiger partial charge on any atom is 0.303 e. The van der Waals surface area contributed by atoms with Crippen molar-refractivity contribution in [3.8, 4) is 0 Å². The number of ether oxygens (including phenoxy) is 3. The van der Waals surface area contributed by atoms with Crippen LogP contribution in [0.15, 0.2) is 72.9 Å². The third kappa shape index (κ3) is 8.69. The molecule has 1 aliphatic rings. The second kappa shape index (κ2) is 15.0. The molecule has 1 unspecified atom stereocenters. The largest absolute Gasteiger partial charge is 0.453 e. The fraction of sp³-hybridized carbons (Fsp3) is 0.424. The van der Waals surface area contributed by atoms with Gasteiger partial charge in [-0.3, -0.25) is 14.6 Å². The minimum atomic E-state index is -0.852. The molecule has 42 heavy (non-hydrogen) atoms. The van der Waals surface area contributed by atoms with Crippen LogP contribution in [0.1, 0.15) is 61.1 Å². The van der Waals surface area contributed by atoms with Gasteiger partial charge in [0.15, 0.2) is 12.4 Å². The van der Waals surface area contributed by atoms with Gasteiger partial charge in [-0.15, -0.1) is 0 Å². The number of rotatable bonds is 12. The van der Waals surface area contributed by atoms with Gasteiger partial charge in [0, 0.05) is 56.4 Å². The molecule has 9 heteroatoms. The zero-order valence-electron chi connectivity index (χ0n) is 24.7. The lowest BCUT2D eigenvalue weighted by atomic mass is 9.90. The third-order valence-corrected chi connectivity index (χ3v) is 7.52. The maximum atomic E-state index is 12.2. The Morgan fingerprint density at radius 3 is 2.36 bits per heavy atom. The highest BCUT2D eigenvalue weighted by molar-refractivity contribution is 5.82. The average molecular weight is 576 g/mol. The molecule has 224 valence electrons. The molecule has 1 fully saturated rings. The quantitative estimate of drug-likeness (QED) is 0.311. The number of aromatic nitrogens is 1. The van der Waals surface area contributed by atoms with Gasteiger partial charge >= 0.3 is 5.97 Å². The monoisotopic (exact) mass is 575 g/mol. The molecule has 0 radical (unpaired) electrons. The van der Waals surface area contributed by atoms with Crippen LogP contribution in [0.25, 0.3) is 0 Å². The second-order valence-corrected chi connectivity index (χ2v) is 10.9. The highest BCUT2D eigenvalue weighted by Gasteiger charge is 2.38. The Kier molecular flexibility index (Phi) is 11.2. The number of nitrogens with one attached hydrogen (secondary N) is 1. The summed E-state index contributed by atoms with van der Waals surface area (Å²) < 4.78 is 18.1. The van der Waals surface area contributed by atoms with E-state index < -0.39 is 18.4 Å². The number of nitrogens with zero attached hydrogens (tertiary/aromatic N) is 2. The Balaban J connectivity index is 1.45. The number of carbonyl (C=O) groups is 2. The Hall–Kier alpha value is -3.63. The van der Waals surface area contributed by atoms with Crippen molar-refractivity contribution in [3.63, 3.8) is 0 Å². The van der Waals surface area contributed by atoms with Crippen molar-refractivity contribution in [1.29, 1.82) is 0 Å². The molecule has 2 heterocycles. The Morgan fingerprint density at radius 1 is 1.02 bits per heavy atom. The molecule has 2 N–H and O–H groups in total. The summed E-state index contributed by atoms with van der Waals surface area (Å²) in [7, 11) is 2.10. The summed E-state index contributed by atoms with van der Waals surface area (Å²) >= 11 is 0. The lowest BCUT2D eigenvalue weighted by Crippen LogP contribution is -2.44. The van der Waals surface area contributed by atoms with E-state index in [4.69, 9.17) is 14.2 Å². The number of benzene rings is 2. The van der Waals surface area contributed by atoms with Crippen LogP contribution in [0, 0.1) is 5.92 Å². The number of pyridine rings is 1. The van der Waals surface area contributed by atoms with Gasteiger partial charge in [0.2, 0.25) is 0 Å². The van der Waals surface area contributed by atoms with E-state index in [-0.39, 0.29) is 30.6 Å². The smallest absolute Gasteiger partial charge is 0.303 e. The van der Waals surface area contributed by atoms with Crippen LogP contribution in [0.2, 0.25) is 0 Å². The minimum absolute atomic E-state index is 0.00769. The lowest BCUT2D eigenvalue weighted by molar-refractivity contribution is -0.275. The molecule has 3 aromatic rings. The van der Waals surface area contributed by atoms with E-state index in [2.05, 4.69) is 29.2 Å². The predicted octanol–water partition coefficient (Wildman–Crippen LogP) is 4.11. The molecule has 4 rings (SSSR count). The highest BCUT2D eigenvalue weighted by atomic mass is 16.7. The first-order valence-electron chi connectivity index (χ1n) is 14.4. The summed E-state index contributed by atoms with van der Waals surface area (Å²) in [6.45, 7) is 6.84. The van der Waals surface area contributed by atoms with Crippen molar-refractivity contribution in [2.24, 2.45) is 5.92 Å². The lowest BCUT2D eigenvalue weighted by Gasteiger charge is -2.42. The second-order valence-electron chi connectivity index (χ2n) is 10.9. The van der Waals surface area contributed by atoms with Crippen LogP contribution in [0.5, 0.6) is 0 Å². The van der Waals surface area contributed by atoms with Crippen molar-refractivity contribution in [3.05, 3.63) is 101 Å². The number of likely N-dealkylation sites (N-methyl/N-ethyl adjacent to an activating group) is 1. The summed E-state index contributed by atoms with van der Waals surface area (Å²) in [4.78, 5) is 30.0. The first kappa shape index (κ1) is 31.3. The van der Waals surface area contributed by atoms with Gasteiger partial charge in [-0.1, -0.05) is 61.5 Å². The molecule has 0 spiro atoms. The number of esters is 1. The normalized spacial score (nSPS) is 21.1. The van der Waals surface area contributed by atoms with Crippen molar-refractivity contribution in [2.45, 2.75) is 64.9 Å². The van der Waals surface area contributed by atoms with E-state index in [1.54, 1.807) is 6.92 Å². The van der Waals surface area contributed by atoms with Crippen molar-refractivity contribution in [1.82, 2.24) is 15.2 Å². The van der Waals surface area contributed by atoms with Crippen molar-refractivity contribution in [2.75, 3.05) is 20.1 Å². The summed E-state index contributed by atoms with van der Waals surface area (Å²) in [5, 5.41) is 12.3. The molecule has 0 bridgehead atoms. The molecule has 1 amide bonds. The first-order chi connectivity index (χ1) is 20.2. The van der Waals surface area contributed by atoms with Crippen LogP contribution >= 0.6 is 0 Å². The fourth-order valence-corrected chi connectivity index (χ4v) is 5.01. The van der Waals surface area contributed by atoms with Crippen molar-refractivity contribution < 1.29 is 28.9 Å². The van der Waals surface area contributed by atoms with E-state index in [1.165, 1.54) is 6.92 Å². The summed E-state index contributed by atoms with van der Waals surface area (Å²) in [5.74, 6) is -0.774. The average Bonchev–Trinajstić information content (AvgIpc) is 3.00. The van der Waals surface area contributed by atoms with Gasteiger partial charge in [0.25, 0.3) is 5.91 Å². The van der Waals surface area contributed by atoms with E-state index >= 15 is 0 Å². The molecule has 5 atom stereocenters. The number of hydrogen-bond acceptors (Lipinski definition) is 8. The maximum absolute atomic E-state index is 12.2. The van der Waals surface area contributed by atoms with Crippen LogP contribution in [-0.4, -0.2) is 59.2 Å². The Morgan fingerprint density at radius 2 is 1.71 bits per heavy atom. The van der Waals surface area contributed by atoms with Gasteiger partial charge in [-0.2, -0.15) is 0 Å². The van der Waals surface area contributed by atoms with Gasteiger partial charge in [-0.25, -0.2) is 0 Å².